The van der Waals surface area contributed by atoms with Gasteiger partial charge in [0.05, 0.1) is 0 Å². The normalized spacial score (nSPS) is 13.4. The van der Waals surface area contributed by atoms with Crippen molar-refractivity contribution in [2.24, 2.45) is 5.73 Å². The van der Waals surface area contributed by atoms with Crippen LogP contribution in [0.5, 0.6) is 5.75 Å². The molecule has 0 bridgehead atoms. The first kappa shape index (κ1) is 15.7. The number of halogens is 4. The minimum absolute atomic E-state index is 0.222. The Morgan fingerprint density at radius 1 is 1.32 bits per heavy atom. The lowest BCUT2D eigenvalue weighted by Crippen LogP contribution is -2.20. The number of hydrogen-bond acceptors (Lipinski definition) is 3. The molecule has 0 saturated carbocycles. The molecule has 0 spiro atoms. The van der Waals surface area contributed by atoms with Crippen molar-refractivity contribution >= 4 is 0 Å². The lowest BCUT2D eigenvalue weighted by Gasteiger charge is -2.14. The van der Waals surface area contributed by atoms with Gasteiger partial charge in [0, 0.05) is 6.04 Å². The number of alkyl halides is 3. The third kappa shape index (κ3) is 6.40. The fourth-order valence-electron chi connectivity index (χ4n) is 1.46. The van der Waals surface area contributed by atoms with Gasteiger partial charge in [-0.25, -0.2) is 4.39 Å². The van der Waals surface area contributed by atoms with Gasteiger partial charge in [-0.05, 0) is 37.1 Å². The molecule has 7 heteroatoms. The molecule has 0 aliphatic carbocycles. The van der Waals surface area contributed by atoms with Gasteiger partial charge in [-0.3, -0.25) is 0 Å². The highest BCUT2D eigenvalue weighted by Crippen LogP contribution is 2.21. The van der Waals surface area contributed by atoms with Gasteiger partial charge in [0.2, 0.25) is 0 Å². The van der Waals surface area contributed by atoms with E-state index in [4.69, 9.17) is 10.5 Å². The molecule has 1 rings (SSSR count). The van der Waals surface area contributed by atoms with Crippen LogP contribution >= 0.6 is 0 Å². The Bertz CT molecular complexity index is 407. The van der Waals surface area contributed by atoms with Gasteiger partial charge in [-0.2, -0.15) is 13.2 Å². The van der Waals surface area contributed by atoms with Crippen LogP contribution in [0.25, 0.3) is 0 Å². The summed E-state index contributed by atoms with van der Waals surface area (Å²) in [4.78, 5) is 0. The molecule has 0 aliphatic rings. The van der Waals surface area contributed by atoms with Crippen LogP contribution in [0.15, 0.2) is 18.2 Å². The van der Waals surface area contributed by atoms with Crippen molar-refractivity contribution in [3.8, 4) is 5.75 Å². The van der Waals surface area contributed by atoms with Gasteiger partial charge in [0.25, 0.3) is 0 Å². The third-order valence-corrected chi connectivity index (χ3v) is 2.13. The summed E-state index contributed by atoms with van der Waals surface area (Å²) in [6.45, 7) is -0.219. The molecule has 0 fully saturated rings. The van der Waals surface area contributed by atoms with Crippen molar-refractivity contribution in [3.05, 3.63) is 29.6 Å². The number of benzene rings is 1. The third-order valence-electron chi connectivity index (χ3n) is 2.13. The first-order chi connectivity index (χ1) is 8.78. The first-order valence-corrected chi connectivity index (χ1v) is 5.59. The lowest BCUT2D eigenvalue weighted by atomic mass is 10.1. The van der Waals surface area contributed by atoms with Crippen molar-refractivity contribution in [2.75, 3.05) is 13.4 Å². The molecule has 2 N–H and O–H groups in total. The molecule has 1 aromatic carbocycles. The maximum Gasteiger partial charge on any atom is 0.411 e. The average molecular weight is 281 g/mol. The molecule has 3 nitrogen and oxygen atoms in total. The monoisotopic (exact) mass is 281 g/mol. The van der Waals surface area contributed by atoms with Crippen molar-refractivity contribution in [3.63, 3.8) is 0 Å². The second-order valence-electron chi connectivity index (χ2n) is 4.16. The highest BCUT2D eigenvalue weighted by atomic mass is 19.4. The summed E-state index contributed by atoms with van der Waals surface area (Å²) in [5.41, 5.74) is 6.09. The average Bonchev–Trinajstić information content (AvgIpc) is 2.24. The summed E-state index contributed by atoms with van der Waals surface area (Å²) in [5, 5.41) is 0. The Hall–Kier alpha value is -1.34. The largest absolute Gasteiger partial charge is 0.467 e. The predicted octanol–water partition coefficient (Wildman–Crippen LogP) is 2.63. The number of rotatable bonds is 6. The highest BCUT2D eigenvalue weighted by molar-refractivity contribution is 5.34. The molecular weight excluding hydrogens is 266 g/mol. The maximum atomic E-state index is 13.1. The minimum atomic E-state index is -4.40. The van der Waals surface area contributed by atoms with Gasteiger partial charge in [0.15, 0.2) is 6.79 Å². The highest BCUT2D eigenvalue weighted by Gasteiger charge is 2.27. The zero-order valence-electron chi connectivity index (χ0n) is 10.3. The summed E-state index contributed by atoms with van der Waals surface area (Å²) >= 11 is 0. The topological polar surface area (TPSA) is 44.5 Å². The Kier molecular flexibility index (Phi) is 5.56. The van der Waals surface area contributed by atoms with E-state index in [0.717, 1.165) is 6.07 Å². The standard InChI is InChI=1S/C12H15F4NO2/c1-8(17)4-9-5-10(13)2-3-11(9)19-7-18-6-12(14,15)16/h2-3,5,8H,4,6-7,17H2,1H3. The van der Waals surface area contributed by atoms with E-state index in [1.807, 2.05) is 0 Å². The molecule has 0 amide bonds. The minimum Gasteiger partial charge on any atom is -0.467 e. The molecule has 1 atom stereocenters. The Labute approximate surface area is 108 Å². The molecule has 0 saturated heterocycles. The molecule has 1 aromatic rings. The van der Waals surface area contributed by atoms with Crippen molar-refractivity contribution in [1.82, 2.24) is 0 Å². The van der Waals surface area contributed by atoms with E-state index < -0.39 is 25.4 Å². The van der Waals surface area contributed by atoms with Gasteiger partial charge >= 0.3 is 6.18 Å². The van der Waals surface area contributed by atoms with Crippen molar-refractivity contribution in [1.29, 1.82) is 0 Å². The van der Waals surface area contributed by atoms with Crippen molar-refractivity contribution in [2.45, 2.75) is 25.6 Å². The van der Waals surface area contributed by atoms with E-state index in [1.54, 1.807) is 6.92 Å². The second kappa shape index (κ2) is 6.72. The SMILES string of the molecule is CC(N)Cc1cc(F)ccc1OCOCC(F)(F)F. The molecule has 0 aliphatic heterocycles. The summed E-state index contributed by atoms with van der Waals surface area (Å²) in [7, 11) is 0. The molecule has 1 unspecified atom stereocenters. The van der Waals surface area contributed by atoms with E-state index >= 15 is 0 Å². The lowest BCUT2D eigenvalue weighted by molar-refractivity contribution is -0.186. The van der Waals surface area contributed by atoms with Crippen LogP contribution in [0.2, 0.25) is 0 Å². The zero-order valence-corrected chi connectivity index (χ0v) is 10.3. The van der Waals surface area contributed by atoms with Gasteiger partial charge in [-0.15, -0.1) is 0 Å². The number of nitrogens with two attached hydrogens (primary N) is 1. The van der Waals surface area contributed by atoms with E-state index in [-0.39, 0.29) is 11.8 Å². The van der Waals surface area contributed by atoms with Gasteiger partial charge in [0.1, 0.15) is 18.2 Å². The van der Waals surface area contributed by atoms with Crippen LogP contribution < -0.4 is 10.5 Å². The van der Waals surface area contributed by atoms with Crippen LogP contribution in [0.3, 0.4) is 0 Å². The molecule has 0 heterocycles. The van der Waals surface area contributed by atoms with E-state index in [0.29, 0.717) is 12.0 Å². The van der Waals surface area contributed by atoms with E-state index in [9.17, 15) is 17.6 Å². The predicted molar refractivity (Wildman–Crippen MR) is 61.3 cm³/mol. The first-order valence-electron chi connectivity index (χ1n) is 5.59. The second-order valence-corrected chi connectivity index (χ2v) is 4.16. The van der Waals surface area contributed by atoms with Crippen LogP contribution in [-0.4, -0.2) is 25.6 Å². The van der Waals surface area contributed by atoms with Gasteiger partial charge in [-0.1, -0.05) is 0 Å². The molecule has 19 heavy (non-hydrogen) atoms. The molecule has 108 valence electrons. The zero-order chi connectivity index (χ0) is 14.5. The van der Waals surface area contributed by atoms with Crippen LogP contribution in [-0.2, 0) is 11.2 Å². The van der Waals surface area contributed by atoms with Gasteiger partial charge < -0.3 is 15.2 Å². The quantitative estimate of drug-likeness (QED) is 0.495. The van der Waals surface area contributed by atoms with Crippen molar-refractivity contribution < 1.29 is 27.0 Å². The molecule has 0 aromatic heterocycles. The number of ether oxygens (including phenoxy) is 2. The summed E-state index contributed by atoms with van der Waals surface area (Å²) in [5.74, 6) is -0.194. The fraction of sp³-hybridized carbons (Fsp3) is 0.500. The van der Waals surface area contributed by atoms with Crippen LogP contribution in [0, 0.1) is 5.82 Å². The smallest absolute Gasteiger partial charge is 0.411 e. The Morgan fingerprint density at radius 2 is 2.00 bits per heavy atom. The maximum absolute atomic E-state index is 13.1. The van der Waals surface area contributed by atoms with Crippen LogP contribution in [0.1, 0.15) is 12.5 Å². The summed E-state index contributed by atoms with van der Waals surface area (Å²) in [6.07, 6.45) is -4.05. The number of hydrogen-bond donors (Lipinski definition) is 1. The Balaban J connectivity index is 2.57. The molecule has 0 radical (unpaired) electrons. The van der Waals surface area contributed by atoms with E-state index in [2.05, 4.69) is 4.74 Å². The summed E-state index contributed by atoms with van der Waals surface area (Å²) < 4.78 is 57.9. The van der Waals surface area contributed by atoms with Crippen LogP contribution in [0.4, 0.5) is 17.6 Å². The molecular formula is C12H15F4NO2. The Morgan fingerprint density at radius 3 is 2.58 bits per heavy atom. The van der Waals surface area contributed by atoms with E-state index in [1.165, 1.54) is 12.1 Å². The fourth-order valence-corrected chi connectivity index (χ4v) is 1.46. The summed E-state index contributed by atoms with van der Waals surface area (Å²) in [6, 6.07) is 3.51.